The van der Waals surface area contributed by atoms with Crippen molar-refractivity contribution in [2.45, 2.75) is 25.9 Å². The third-order valence-electron chi connectivity index (χ3n) is 4.36. The minimum atomic E-state index is -4.00. The number of amides is 1. The highest BCUT2D eigenvalue weighted by molar-refractivity contribution is 7.16. The number of carbonyl (C=O) groups is 1. The first-order valence-corrected chi connectivity index (χ1v) is 9.89. The fraction of sp³-hybridized carbons (Fsp3) is 0.238. The van der Waals surface area contributed by atoms with E-state index in [1.165, 1.54) is 0 Å². The molecular weight excluding hydrogens is 415 g/mol. The van der Waals surface area contributed by atoms with E-state index in [9.17, 15) is 18.0 Å². The zero-order valence-electron chi connectivity index (χ0n) is 16.5. The van der Waals surface area contributed by atoms with Gasteiger partial charge in [0.2, 0.25) is 5.91 Å². The van der Waals surface area contributed by atoms with Gasteiger partial charge in [0.15, 0.2) is 5.82 Å². The van der Waals surface area contributed by atoms with Crippen molar-refractivity contribution < 1.29 is 22.7 Å². The van der Waals surface area contributed by atoms with Crippen LogP contribution in [0.5, 0.6) is 5.75 Å². The number of fused-ring (bicyclic) bond motifs is 2. The van der Waals surface area contributed by atoms with Crippen LogP contribution in [0.15, 0.2) is 54.3 Å². The largest absolute Gasteiger partial charge is 0.497 e. The van der Waals surface area contributed by atoms with Gasteiger partial charge >= 0.3 is 6.18 Å². The molecule has 1 N–H and O–H groups in total. The summed E-state index contributed by atoms with van der Waals surface area (Å²) in [6.45, 7) is 2.09. The highest BCUT2D eigenvalue weighted by Crippen LogP contribution is 2.27. The molecule has 9 heteroatoms. The highest BCUT2D eigenvalue weighted by atomic mass is 32.1. The molecule has 0 saturated heterocycles. The van der Waals surface area contributed by atoms with E-state index in [1.54, 1.807) is 24.8 Å². The van der Waals surface area contributed by atoms with Crippen LogP contribution in [0.25, 0.3) is 15.6 Å². The smallest absolute Gasteiger partial charge is 0.386 e. The summed E-state index contributed by atoms with van der Waals surface area (Å²) < 4.78 is 38.2. The maximum Gasteiger partial charge on any atom is 0.386 e. The molecule has 0 fully saturated rings. The standard InChI is InChI=1S/C19H17N3O2S.C2H3F3/c1-12(18(23)21-17-19-22(11-20-17)7-8-25-19)13-3-4-15-10-16(24-2)6-5-14(15)9-13;1-2(3,4)5/h3-12H,1-2H3,(H,21,23);1H3. The van der Waals surface area contributed by atoms with Gasteiger partial charge in [-0.3, -0.25) is 9.20 Å². The Labute approximate surface area is 175 Å². The van der Waals surface area contributed by atoms with Crippen molar-refractivity contribution in [3.8, 4) is 5.75 Å². The number of hydrogen-bond donors (Lipinski definition) is 1. The lowest BCUT2D eigenvalue weighted by molar-refractivity contribution is -0.117. The normalized spacial score (nSPS) is 12.3. The number of hydrogen-bond acceptors (Lipinski definition) is 4. The van der Waals surface area contributed by atoms with E-state index in [0.717, 1.165) is 26.9 Å². The molecule has 0 radical (unpaired) electrons. The number of carbonyl (C=O) groups excluding carboxylic acids is 1. The summed E-state index contributed by atoms with van der Waals surface area (Å²) >= 11 is 1.55. The lowest BCUT2D eigenvalue weighted by Crippen LogP contribution is -2.19. The van der Waals surface area contributed by atoms with Gasteiger partial charge < -0.3 is 10.1 Å². The van der Waals surface area contributed by atoms with E-state index in [-0.39, 0.29) is 18.7 Å². The van der Waals surface area contributed by atoms with Crippen LogP contribution in [0.2, 0.25) is 0 Å². The lowest BCUT2D eigenvalue weighted by atomic mass is 9.97. The first-order chi connectivity index (χ1) is 14.2. The molecule has 158 valence electrons. The van der Waals surface area contributed by atoms with Crippen molar-refractivity contribution in [1.29, 1.82) is 0 Å². The van der Waals surface area contributed by atoms with Gasteiger partial charge in [0.1, 0.15) is 16.9 Å². The van der Waals surface area contributed by atoms with Gasteiger partial charge in [-0.1, -0.05) is 24.3 Å². The maximum absolute atomic E-state index is 12.6. The molecule has 0 aliphatic heterocycles. The van der Waals surface area contributed by atoms with Crippen molar-refractivity contribution in [2.75, 3.05) is 12.4 Å². The third kappa shape index (κ3) is 5.29. The number of methoxy groups -OCH3 is 1. The number of nitrogens with zero attached hydrogens (tertiary/aromatic N) is 2. The van der Waals surface area contributed by atoms with Crippen LogP contribution in [-0.2, 0) is 4.79 Å². The Morgan fingerprint density at radius 1 is 1.20 bits per heavy atom. The summed E-state index contributed by atoms with van der Waals surface area (Å²) in [7, 11) is 1.66. The summed E-state index contributed by atoms with van der Waals surface area (Å²) in [6, 6.07) is 12.0. The summed E-state index contributed by atoms with van der Waals surface area (Å²) in [5.41, 5.74) is 0.969. The Morgan fingerprint density at radius 2 is 1.87 bits per heavy atom. The van der Waals surface area contributed by atoms with Crippen LogP contribution in [0.4, 0.5) is 19.0 Å². The molecule has 30 heavy (non-hydrogen) atoms. The second-order valence-electron chi connectivity index (χ2n) is 6.67. The van der Waals surface area contributed by atoms with Gasteiger partial charge in [0.05, 0.1) is 13.0 Å². The SMILES string of the molecule is CC(F)(F)F.COc1ccc2cc(C(C)C(=O)Nc3ncn4ccsc34)ccc2c1. The minimum absolute atomic E-state index is 0.0677. The highest BCUT2D eigenvalue weighted by Gasteiger charge is 2.18. The number of aromatic nitrogens is 2. The molecule has 5 nitrogen and oxygen atoms in total. The van der Waals surface area contributed by atoms with E-state index in [1.807, 2.05) is 59.3 Å². The van der Waals surface area contributed by atoms with Crippen LogP contribution in [0, 0.1) is 0 Å². The van der Waals surface area contributed by atoms with E-state index in [4.69, 9.17) is 4.74 Å². The zero-order chi connectivity index (χ0) is 21.9. The summed E-state index contributed by atoms with van der Waals surface area (Å²) in [5.74, 6) is 1.09. The van der Waals surface area contributed by atoms with Crippen LogP contribution in [0.1, 0.15) is 25.3 Å². The van der Waals surface area contributed by atoms with Crippen molar-refractivity contribution in [1.82, 2.24) is 9.38 Å². The van der Waals surface area contributed by atoms with Crippen molar-refractivity contribution >= 4 is 38.7 Å². The molecule has 1 atom stereocenters. The number of nitrogens with one attached hydrogen (secondary N) is 1. The number of halogens is 3. The molecule has 2 heterocycles. The molecule has 0 spiro atoms. The predicted molar refractivity (Wildman–Crippen MR) is 112 cm³/mol. The Balaban J connectivity index is 0.000000461. The molecule has 4 aromatic rings. The second kappa shape index (κ2) is 8.74. The monoisotopic (exact) mass is 435 g/mol. The molecule has 0 aliphatic rings. The molecule has 2 aromatic heterocycles. The summed E-state index contributed by atoms with van der Waals surface area (Å²) in [4.78, 5) is 17.8. The quantitative estimate of drug-likeness (QED) is 0.436. The number of rotatable bonds is 4. The van der Waals surface area contributed by atoms with Crippen molar-refractivity contribution in [3.05, 3.63) is 59.9 Å². The van der Waals surface area contributed by atoms with Gasteiger partial charge in [-0.25, -0.2) is 4.98 Å². The first kappa shape index (κ1) is 21.6. The number of thiazole rings is 1. The number of anilines is 1. The predicted octanol–water partition coefficient (Wildman–Crippen LogP) is 5.87. The molecule has 0 saturated carbocycles. The molecule has 0 aliphatic carbocycles. The van der Waals surface area contributed by atoms with Crippen LogP contribution in [-0.4, -0.2) is 28.6 Å². The minimum Gasteiger partial charge on any atom is -0.497 e. The Kier molecular flexibility index (Phi) is 6.31. The molecule has 4 rings (SSSR count). The van der Waals surface area contributed by atoms with Crippen LogP contribution >= 0.6 is 11.3 Å². The number of benzene rings is 2. The molecule has 0 bridgehead atoms. The second-order valence-corrected chi connectivity index (χ2v) is 7.57. The van der Waals surface area contributed by atoms with Gasteiger partial charge in [0.25, 0.3) is 0 Å². The third-order valence-corrected chi connectivity index (χ3v) is 5.24. The van der Waals surface area contributed by atoms with E-state index < -0.39 is 6.18 Å². The van der Waals surface area contributed by atoms with E-state index in [0.29, 0.717) is 5.82 Å². The van der Waals surface area contributed by atoms with Crippen molar-refractivity contribution in [3.63, 3.8) is 0 Å². The Bertz CT molecular complexity index is 1160. The van der Waals surface area contributed by atoms with Crippen LogP contribution in [0.3, 0.4) is 0 Å². The average molecular weight is 435 g/mol. The molecule has 2 aromatic carbocycles. The average Bonchev–Trinajstić information content (AvgIpc) is 3.30. The maximum atomic E-state index is 12.6. The fourth-order valence-electron chi connectivity index (χ4n) is 2.83. The van der Waals surface area contributed by atoms with E-state index in [2.05, 4.69) is 10.3 Å². The van der Waals surface area contributed by atoms with Gasteiger partial charge in [0, 0.05) is 18.5 Å². The topological polar surface area (TPSA) is 55.6 Å². The van der Waals surface area contributed by atoms with Gasteiger partial charge in [-0.15, -0.1) is 11.3 Å². The van der Waals surface area contributed by atoms with Gasteiger partial charge in [-0.05, 0) is 35.4 Å². The zero-order valence-corrected chi connectivity index (χ0v) is 17.3. The van der Waals surface area contributed by atoms with Crippen LogP contribution < -0.4 is 10.1 Å². The molecule has 1 amide bonds. The number of ether oxygens (including phenoxy) is 1. The fourth-order valence-corrected chi connectivity index (χ4v) is 3.60. The summed E-state index contributed by atoms with van der Waals surface area (Å²) in [5, 5.41) is 7.07. The Morgan fingerprint density at radius 3 is 2.57 bits per heavy atom. The summed E-state index contributed by atoms with van der Waals surface area (Å²) in [6.07, 6.45) is -0.376. The number of imidazole rings is 1. The van der Waals surface area contributed by atoms with Gasteiger partial charge in [-0.2, -0.15) is 13.2 Å². The first-order valence-electron chi connectivity index (χ1n) is 9.01. The Hall–Kier alpha value is -3.07. The molecular formula is C21H20F3N3O2S. The van der Waals surface area contributed by atoms with Crippen molar-refractivity contribution in [2.24, 2.45) is 0 Å². The lowest BCUT2D eigenvalue weighted by Gasteiger charge is -2.12. The van der Waals surface area contributed by atoms with E-state index >= 15 is 0 Å². The number of alkyl halides is 3. The molecule has 1 unspecified atom stereocenters.